The van der Waals surface area contributed by atoms with Gasteiger partial charge in [-0.1, -0.05) is 27.5 Å². The van der Waals surface area contributed by atoms with Crippen LogP contribution in [0.15, 0.2) is 31.9 Å². The molecule has 0 saturated heterocycles. The Hall–Kier alpha value is -1.13. The van der Waals surface area contributed by atoms with Gasteiger partial charge >= 0.3 is 5.63 Å². The molecule has 0 fully saturated rings. The fourth-order valence-electron chi connectivity index (χ4n) is 1.25. The van der Waals surface area contributed by atoms with E-state index in [0.717, 1.165) is 4.47 Å². The van der Waals surface area contributed by atoms with E-state index in [4.69, 9.17) is 16.0 Å². The molecule has 0 spiro atoms. The average molecular weight is 287 g/mol. The highest BCUT2D eigenvalue weighted by Gasteiger charge is 2.11. The summed E-state index contributed by atoms with van der Waals surface area (Å²) in [5.74, 6) is 0. The lowest BCUT2D eigenvalue weighted by atomic mass is 10.2. The fourth-order valence-corrected chi connectivity index (χ4v) is 1.88. The lowest BCUT2D eigenvalue weighted by molar-refractivity contribution is 0.112. The normalized spacial score (nSPS) is 10.5. The van der Waals surface area contributed by atoms with Crippen molar-refractivity contribution in [1.29, 1.82) is 0 Å². The van der Waals surface area contributed by atoms with Gasteiger partial charge in [-0.15, -0.1) is 0 Å². The molecule has 1 heterocycles. The molecule has 2 rings (SSSR count). The summed E-state index contributed by atoms with van der Waals surface area (Å²) >= 11 is 9.17. The van der Waals surface area contributed by atoms with Gasteiger partial charge in [0.15, 0.2) is 6.29 Å². The van der Waals surface area contributed by atoms with Gasteiger partial charge in [-0.05, 0) is 18.2 Å². The molecule has 5 heteroatoms. The Balaban J connectivity index is 2.98. The maximum Gasteiger partial charge on any atom is 0.348 e. The van der Waals surface area contributed by atoms with E-state index < -0.39 is 5.63 Å². The number of rotatable bonds is 1. The summed E-state index contributed by atoms with van der Waals surface area (Å²) in [6.45, 7) is 0. The van der Waals surface area contributed by atoms with E-state index in [2.05, 4.69) is 15.9 Å². The molecule has 1 aromatic heterocycles. The number of halogens is 2. The maximum absolute atomic E-state index is 11.3. The van der Waals surface area contributed by atoms with Crippen LogP contribution in [0.3, 0.4) is 0 Å². The van der Waals surface area contributed by atoms with Crippen LogP contribution in [0.25, 0.3) is 11.0 Å². The number of aldehydes is 1. The Morgan fingerprint density at radius 3 is 2.80 bits per heavy atom. The van der Waals surface area contributed by atoms with Crippen LogP contribution in [0.2, 0.25) is 5.02 Å². The van der Waals surface area contributed by atoms with Gasteiger partial charge in [-0.2, -0.15) is 0 Å². The molecule has 0 unspecified atom stereocenters. The predicted molar refractivity (Wildman–Crippen MR) is 60.6 cm³/mol. The van der Waals surface area contributed by atoms with E-state index in [1.165, 1.54) is 0 Å². The van der Waals surface area contributed by atoms with Gasteiger partial charge in [-0.3, -0.25) is 4.79 Å². The Labute approximate surface area is 97.8 Å². The van der Waals surface area contributed by atoms with Gasteiger partial charge < -0.3 is 4.42 Å². The highest BCUT2D eigenvalue weighted by atomic mass is 79.9. The molecular weight excluding hydrogens is 283 g/mol. The largest absolute Gasteiger partial charge is 0.422 e. The summed E-state index contributed by atoms with van der Waals surface area (Å²) < 4.78 is 5.72. The first-order chi connectivity index (χ1) is 7.13. The monoisotopic (exact) mass is 286 g/mol. The number of benzene rings is 1. The quantitative estimate of drug-likeness (QED) is 0.598. The molecule has 2 aromatic rings. The first kappa shape index (κ1) is 10.4. The predicted octanol–water partition coefficient (Wildman–Crippen LogP) is 3.02. The third-order valence-corrected chi connectivity index (χ3v) is 2.86. The summed E-state index contributed by atoms with van der Waals surface area (Å²) in [7, 11) is 0. The third kappa shape index (κ3) is 1.70. The van der Waals surface area contributed by atoms with E-state index >= 15 is 0 Å². The van der Waals surface area contributed by atoms with Crippen LogP contribution in [0.4, 0.5) is 0 Å². The zero-order valence-corrected chi connectivity index (χ0v) is 9.63. The maximum atomic E-state index is 11.3. The molecule has 3 nitrogen and oxygen atoms in total. The number of hydrogen-bond donors (Lipinski definition) is 0. The third-order valence-electron chi connectivity index (χ3n) is 1.95. The van der Waals surface area contributed by atoms with E-state index in [0.29, 0.717) is 17.3 Å². The SMILES string of the molecule is O=Cc1c(Cl)c2cc(Br)ccc2oc1=O. The molecule has 0 radical (unpaired) electrons. The molecule has 1 aromatic carbocycles. The van der Waals surface area contributed by atoms with Crippen molar-refractivity contribution in [1.82, 2.24) is 0 Å². The van der Waals surface area contributed by atoms with Crippen molar-refractivity contribution in [3.63, 3.8) is 0 Å². The molecular formula is C10H4BrClO3. The zero-order valence-electron chi connectivity index (χ0n) is 7.29. The molecule has 15 heavy (non-hydrogen) atoms. The number of fused-ring (bicyclic) bond motifs is 1. The van der Waals surface area contributed by atoms with Crippen molar-refractivity contribution in [2.24, 2.45) is 0 Å². The summed E-state index contributed by atoms with van der Waals surface area (Å²) in [5.41, 5.74) is -0.508. The molecule has 0 aliphatic carbocycles. The van der Waals surface area contributed by atoms with Gasteiger partial charge in [0.1, 0.15) is 11.1 Å². The van der Waals surface area contributed by atoms with Crippen molar-refractivity contribution in [3.05, 3.63) is 43.7 Å². The highest BCUT2D eigenvalue weighted by molar-refractivity contribution is 9.10. The van der Waals surface area contributed by atoms with Gasteiger partial charge in [0.05, 0.1) is 5.02 Å². The van der Waals surface area contributed by atoms with E-state index in [9.17, 15) is 9.59 Å². The minimum absolute atomic E-state index is 0.123. The number of carbonyl (C=O) groups is 1. The molecule has 0 saturated carbocycles. The molecule has 0 bridgehead atoms. The Bertz CT molecular complexity index is 603. The zero-order chi connectivity index (χ0) is 11.0. The van der Waals surface area contributed by atoms with Crippen LogP contribution in [0.5, 0.6) is 0 Å². The van der Waals surface area contributed by atoms with Crippen LogP contribution in [0, 0.1) is 0 Å². The summed E-state index contributed by atoms with van der Waals surface area (Å²) in [6, 6.07) is 5.02. The van der Waals surface area contributed by atoms with Crippen molar-refractivity contribution < 1.29 is 9.21 Å². The Kier molecular flexibility index (Phi) is 2.63. The van der Waals surface area contributed by atoms with Gasteiger partial charge in [-0.25, -0.2) is 4.79 Å². The minimum atomic E-state index is -0.718. The summed E-state index contributed by atoms with van der Waals surface area (Å²) in [4.78, 5) is 21.9. The molecule has 76 valence electrons. The lowest BCUT2D eigenvalue weighted by Gasteiger charge is -2.01. The second-order valence-electron chi connectivity index (χ2n) is 2.88. The standard InChI is InChI=1S/C10H4BrClO3/c11-5-1-2-8-6(3-5)9(12)7(4-13)10(14)15-8/h1-4H. The first-order valence-corrected chi connectivity index (χ1v) is 5.17. The molecule has 0 aliphatic rings. The second kappa shape index (κ2) is 3.79. The van der Waals surface area contributed by atoms with Crippen LogP contribution in [-0.2, 0) is 0 Å². The summed E-state index contributed by atoms with van der Waals surface area (Å²) in [6.07, 6.45) is 0.397. The van der Waals surface area contributed by atoms with E-state index in [1.807, 2.05) is 0 Å². The van der Waals surface area contributed by atoms with Crippen LogP contribution in [0.1, 0.15) is 10.4 Å². The highest BCUT2D eigenvalue weighted by Crippen LogP contribution is 2.26. The number of hydrogen-bond acceptors (Lipinski definition) is 3. The van der Waals surface area contributed by atoms with E-state index in [-0.39, 0.29) is 10.6 Å². The van der Waals surface area contributed by atoms with Gasteiger partial charge in [0.25, 0.3) is 0 Å². The molecule has 0 amide bonds. The van der Waals surface area contributed by atoms with Gasteiger partial charge in [0.2, 0.25) is 0 Å². The van der Waals surface area contributed by atoms with E-state index in [1.54, 1.807) is 18.2 Å². The van der Waals surface area contributed by atoms with Gasteiger partial charge in [0, 0.05) is 9.86 Å². The van der Waals surface area contributed by atoms with Crippen molar-refractivity contribution >= 4 is 44.8 Å². The lowest BCUT2D eigenvalue weighted by Crippen LogP contribution is -2.07. The Morgan fingerprint density at radius 2 is 2.13 bits per heavy atom. The van der Waals surface area contributed by atoms with Crippen molar-refractivity contribution in [2.45, 2.75) is 0 Å². The smallest absolute Gasteiger partial charge is 0.348 e. The van der Waals surface area contributed by atoms with Crippen LogP contribution in [-0.4, -0.2) is 6.29 Å². The average Bonchev–Trinajstić information content (AvgIpc) is 2.20. The van der Waals surface area contributed by atoms with Crippen LogP contribution >= 0.6 is 27.5 Å². The second-order valence-corrected chi connectivity index (χ2v) is 4.17. The Morgan fingerprint density at radius 1 is 1.40 bits per heavy atom. The van der Waals surface area contributed by atoms with Crippen molar-refractivity contribution in [2.75, 3.05) is 0 Å². The fraction of sp³-hybridized carbons (Fsp3) is 0. The molecule has 0 N–H and O–H groups in total. The topological polar surface area (TPSA) is 47.3 Å². The van der Waals surface area contributed by atoms with Crippen molar-refractivity contribution in [3.8, 4) is 0 Å². The molecule has 0 aliphatic heterocycles. The molecule has 0 atom stereocenters. The minimum Gasteiger partial charge on any atom is -0.422 e. The summed E-state index contributed by atoms with van der Waals surface area (Å²) in [5, 5.41) is 0.658. The first-order valence-electron chi connectivity index (χ1n) is 4.00. The van der Waals surface area contributed by atoms with Crippen LogP contribution < -0.4 is 5.63 Å². The number of carbonyl (C=O) groups excluding carboxylic acids is 1.